The minimum atomic E-state index is -0.707. The smallest absolute Gasteiger partial charge is 0.328 e. The standard InChI is InChI=1S/C22H22N2O3/c1-27-22(26)19(13-3-2-8-14-23)24-21(25)20-17-11-6-4-9-15(17)16-10-5-7-12-18(16)20/h4-7,9-12,19-20H,2-3,8,13H2,1H3,(H,24,25)/t19-/m1/s1. The normalized spacial score (nSPS) is 13.2. The van der Waals surface area contributed by atoms with Gasteiger partial charge in [-0.2, -0.15) is 5.26 Å². The van der Waals surface area contributed by atoms with Crippen LogP contribution in [-0.2, 0) is 14.3 Å². The first kappa shape index (κ1) is 18.7. The number of benzene rings is 2. The average molecular weight is 362 g/mol. The second kappa shape index (κ2) is 8.50. The molecular weight excluding hydrogens is 340 g/mol. The molecule has 0 radical (unpaired) electrons. The Morgan fingerprint density at radius 2 is 1.67 bits per heavy atom. The highest BCUT2D eigenvalue weighted by molar-refractivity contribution is 5.97. The number of unbranched alkanes of at least 4 members (excludes halogenated alkanes) is 2. The Hall–Kier alpha value is -3.13. The van der Waals surface area contributed by atoms with E-state index in [-0.39, 0.29) is 5.91 Å². The zero-order chi connectivity index (χ0) is 19.2. The van der Waals surface area contributed by atoms with Crippen molar-refractivity contribution in [3.8, 4) is 17.2 Å². The summed E-state index contributed by atoms with van der Waals surface area (Å²) in [5, 5.41) is 11.5. The molecule has 0 fully saturated rings. The lowest BCUT2D eigenvalue weighted by atomic mass is 9.95. The van der Waals surface area contributed by atoms with E-state index < -0.39 is 17.9 Å². The van der Waals surface area contributed by atoms with Crippen LogP contribution in [0.4, 0.5) is 0 Å². The molecule has 0 saturated carbocycles. The Morgan fingerprint density at radius 3 is 2.22 bits per heavy atom. The number of ether oxygens (including phenoxy) is 1. The molecule has 1 N–H and O–H groups in total. The van der Waals surface area contributed by atoms with Crippen LogP contribution in [0, 0.1) is 11.3 Å². The summed E-state index contributed by atoms with van der Waals surface area (Å²) in [6.45, 7) is 0. The van der Waals surface area contributed by atoms with Crippen molar-refractivity contribution in [1.82, 2.24) is 5.32 Å². The number of esters is 1. The fraction of sp³-hybridized carbons (Fsp3) is 0.318. The summed E-state index contributed by atoms with van der Waals surface area (Å²) in [6, 6.07) is 17.1. The summed E-state index contributed by atoms with van der Waals surface area (Å²) in [5.41, 5.74) is 4.00. The van der Waals surface area contributed by atoms with Gasteiger partial charge in [0.25, 0.3) is 0 Å². The van der Waals surface area contributed by atoms with Crippen LogP contribution >= 0.6 is 0 Å². The zero-order valence-corrected chi connectivity index (χ0v) is 15.3. The second-order valence-corrected chi connectivity index (χ2v) is 6.60. The zero-order valence-electron chi connectivity index (χ0n) is 15.3. The topological polar surface area (TPSA) is 79.2 Å². The largest absolute Gasteiger partial charge is 0.467 e. The maximum atomic E-state index is 13.1. The highest BCUT2D eigenvalue weighted by Crippen LogP contribution is 2.44. The molecule has 0 aliphatic heterocycles. The Morgan fingerprint density at radius 1 is 1.07 bits per heavy atom. The lowest BCUT2D eigenvalue weighted by Gasteiger charge is -2.20. The van der Waals surface area contributed by atoms with Crippen molar-refractivity contribution in [2.75, 3.05) is 7.11 Å². The molecule has 1 amide bonds. The maximum Gasteiger partial charge on any atom is 0.328 e. The van der Waals surface area contributed by atoms with Gasteiger partial charge in [0.1, 0.15) is 6.04 Å². The number of amides is 1. The summed E-state index contributed by atoms with van der Waals surface area (Å²) < 4.78 is 4.85. The summed E-state index contributed by atoms with van der Waals surface area (Å²) in [5.74, 6) is -1.10. The highest BCUT2D eigenvalue weighted by Gasteiger charge is 2.35. The molecule has 3 rings (SSSR count). The van der Waals surface area contributed by atoms with Crippen molar-refractivity contribution in [2.24, 2.45) is 0 Å². The van der Waals surface area contributed by atoms with Crippen LogP contribution in [0.5, 0.6) is 0 Å². The van der Waals surface area contributed by atoms with Gasteiger partial charge >= 0.3 is 5.97 Å². The average Bonchev–Trinajstić information content (AvgIpc) is 3.04. The first-order valence-corrected chi connectivity index (χ1v) is 9.10. The Bertz CT molecular complexity index is 840. The Kier molecular flexibility index (Phi) is 5.87. The first-order chi connectivity index (χ1) is 13.2. The van der Waals surface area contributed by atoms with E-state index in [0.717, 1.165) is 22.3 Å². The monoisotopic (exact) mass is 362 g/mol. The predicted molar refractivity (Wildman–Crippen MR) is 102 cm³/mol. The van der Waals surface area contributed by atoms with Gasteiger partial charge in [0.2, 0.25) is 5.91 Å². The molecule has 1 aliphatic carbocycles. The van der Waals surface area contributed by atoms with E-state index in [1.807, 2.05) is 48.5 Å². The fourth-order valence-electron chi connectivity index (χ4n) is 3.64. The highest BCUT2D eigenvalue weighted by atomic mass is 16.5. The summed E-state index contributed by atoms with van der Waals surface area (Å²) in [7, 11) is 1.32. The van der Waals surface area contributed by atoms with E-state index in [1.54, 1.807) is 0 Å². The van der Waals surface area contributed by atoms with Crippen LogP contribution in [-0.4, -0.2) is 25.0 Å². The number of hydrogen-bond acceptors (Lipinski definition) is 4. The van der Waals surface area contributed by atoms with Gasteiger partial charge in [0.05, 0.1) is 19.1 Å². The minimum Gasteiger partial charge on any atom is -0.467 e. The lowest BCUT2D eigenvalue weighted by Crippen LogP contribution is -2.43. The SMILES string of the molecule is COC(=O)[C@@H](CCCCC#N)NC(=O)C1c2ccccc2-c2ccccc21. The van der Waals surface area contributed by atoms with Gasteiger partial charge in [-0.25, -0.2) is 4.79 Å². The van der Waals surface area contributed by atoms with Crippen molar-refractivity contribution in [3.05, 3.63) is 59.7 Å². The molecule has 0 heterocycles. The molecule has 1 atom stereocenters. The second-order valence-electron chi connectivity index (χ2n) is 6.60. The summed E-state index contributed by atoms with van der Waals surface area (Å²) in [4.78, 5) is 25.2. The van der Waals surface area contributed by atoms with Crippen LogP contribution < -0.4 is 5.32 Å². The number of rotatable bonds is 7. The van der Waals surface area contributed by atoms with Gasteiger partial charge in [-0.05, 0) is 41.5 Å². The van der Waals surface area contributed by atoms with Crippen LogP contribution in [0.1, 0.15) is 42.7 Å². The van der Waals surface area contributed by atoms with Gasteiger partial charge < -0.3 is 10.1 Å². The predicted octanol–water partition coefficient (Wildman–Crippen LogP) is 3.54. The van der Waals surface area contributed by atoms with Crippen molar-refractivity contribution in [1.29, 1.82) is 5.26 Å². The molecule has 0 unspecified atom stereocenters. The number of carbonyl (C=O) groups excluding carboxylic acids is 2. The first-order valence-electron chi connectivity index (χ1n) is 9.10. The fourth-order valence-corrected chi connectivity index (χ4v) is 3.64. The number of hydrogen-bond donors (Lipinski definition) is 1. The quantitative estimate of drug-likeness (QED) is 0.603. The van der Waals surface area contributed by atoms with Gasteiger partial charge in [-0.15, -0.1) is 0 Å². The number of fused-ring (bicyclic) bond motifs is 3. The van der Waals surface area contributed by atoms with E-state index in [9.17, 15) is 9.59 Å². The molecule has 0 aromatic heterocycles. The summed E-state index contributed by atoms with van der Waals surface area (Å²) >= 11 is 0. The van der Waals surface area contributed by atoms with Crippen molar-refractivity contribution in [2.45, 2.75) is 37.6 Å². The molecule has 2 aromatic carbocycles. The molecular formula is C22H22N2O3. The number of carbonyl (C=O) groups is 2. The van der Waals surface area contributed by atoms with Crippen molar-refractivity contribution >= 4 is 11.9 Å². The molecule has 0 saturated heterocycles. The Balaban J connectivity index is 1.82. The number of nitrogens with zero attached hydrogens (tertiary/aromatic N) is 1. The maximum absolute atomic E-state index is 13.1. The van der Waals surface area contributed by atoms with Gasteiger partial charge in [-0.3, -0.25) is 4.79 Å². The van der Waals surface area contributed by atoms with Gasteiger partial charge in [-0.1, -0.05) is 48.5 Å². The lowest BCUT2D eigenvalue weighted by molar-refractivity contribution is -0.145. The summed E-state index contributed by atoms with van der Waals surface area (Å²) in [6.07, 6.45) is 2.25. The van der Waals surface area contributed by atoms with Gasteiger partial charge in [0, 0.05) is 6.42 Å². The molecule has 5 heteroatoms. The molecule has 1 aliphatic rings. The van der Waals surface area contributed by atoms with Crippen molar-refractivity contribution < 1.29 is 14.3 Å². The molecule has 138 valence electrons. The molecule has 2 aromatic rings. The van der Waals surface area contributed by atoms with Crippen molar-refractivity contribution in [3.63, 3.8) is 0 Å². The van der Waals surface area contributed by atoms with E-state index >= 15 is 0 Å². The third kappa shape index (κ3) is 3.85. The Labute approximate surface area is 159 Å². The number of nitrogens with one attached hydrogen (secondary N) is 1. The molecule has 27 heavy (non-hydrogen) atoms. The van der Waals surface area contributed by atoms with Gasteiger partial charge in [0.15, 0.2) is 0 Å². The molecule has 0 spiro atoms. The minimum absolute atomic E-state index is 0.205. The number of methoxy groups -OCH3 is 1. The molecule has 5 nitrogen and oxygen atoms in total. The third-order valence-electron chi connectivity index (χ3n) is 4.93. The molecule has 0 bridgehead atoms. The third-order valence-corrected chi connectivity index (χ3v) is 4.93. The van der Waals surface area contributed by atoms with E-state index in [0.29, 0.717) is 25.7 Å². The number of nitriles is 1. The van der Waals surface area contributed by atoms with Crippen LogP contribution in [0.3, 0.4) is 0 Å². The van der Waals surface area contributed by atoms with Crippen LogP contribution in [0.2, 0.25) is 0 Å². The van der Waals surface area contributed by atoms with Crippen LogP contribution in [0.25, 0.3) is 11.1 Å². The van der Waals surface area contributed by atoms with Crippen LogP contribution in [0.15, 0.2) is 48.5 Å². The van der Waals surface area contributed by atoms with E-state index in [1.165, 1.54) is 7.11 Å². The van der Waals surface area contributed by atoms with E-state index in [4.69, 9.17) is 10.00 Å². The van der Waals surface area contributed by atoms with E-state index in [2.05, 4.69) is 11.4 Å².